The highest BCUT2D eigenvalue weighted by atomic mass is 16.5. The lowest BCUT2D eigenvalue weighted by Crippen LogP contribution is -2.13. The first-order valence-corrected chi connectivity index (χ1v) is 7.96. The van der Waals surface area contributed by atoms with Gasteiger partial charge in [0.05, 0.1) is 18.9 Å². The zero-order chi connectivity index (χ0) is 16.5. The summed E-state index contributed by atoms with van der Waals surface area (Å²) in [6.45, 7) is 5.10. The van der Waals surface area contributed by atoms with Gasteiger partial charge in [0.1, 0.15) is 11.5 Å². The van der Waals surface area contributed by atoms with Crippen LogP contribution >= 0.6 is 0 Å². The van der Waals surface area contributed by atoms with Crippen molar-refractivity contribution in [3.05, 3.63) is 54.1 Å². The number of nitrogens with one attached hydrogen (secondary N) is 1. The number of hydrogen-bond donors (Lipinski definition) is 1. The third-order valence-corrected chi connectivity index (χ3v) is 3.34. The average Bonchev–Trinajstić information content (AvgIpc) is 2.57. The molecule has 0 aromatic heterocycles. The van der Waals surface area contributed by atoms with E-state index in [1.807, 2.05) is 62.4 Å². The van der Waals surface area contributed by atoms with Crippen LogP contribution in [-0.2, 0) is 11.2 Å². The maximum absolute atomic E-state index is 12.1. The highest BCUT2D eigenvalue weighted by molar-refractivity contribution is 5.92. The van der Waals surface area contributed by atoms with Crippen molar-refractivity contribution in [3.63, 3.8) is 0 Å². The molecule has 0 unspecified atom stereocenters. The minimum atomic E-state index is -0.0222. The zero-order valence-corrected chi connectivity index (χ0v) is 13.7. The normalized spacial score (nSPS) is 10.2. The molecule has 2 rings (SSSR count). The van der Waals surface area contributed by atoms with Gasteiger partial charge in [-0.1, -0.05) is 24.3 Å². The van der Waals surface area contributed by atoms with E-state index in [1.165, 1.54) is 0 Å². The van der Waals surface area contributed by atoms with E-state index in [2.05, 4.69) is 5.32 Å². The van der Waals surface area contributed by atoms with Crippen LogP contribution in [0.25, 0.3) is 0 Å². The van der Waals surface area contributed by atoms with Crippen molar-refractivity contribution in [2.45, 2.75) is 26.7 Å². The first-order chi connectivity index (χ1) is 11.2. The van der Waals surface area contributed by atoms with E-state index >= 15 is 0 Å². The van der Waals surface area contributed by atoms with E-state index in [9.17, 15) is 4.79 Å². The predicted molar refractivity (Wildman–Crippen MR) is 92.2 cm³/mol. The first kappa shape index (κ1) is 16.9. The fourth-order valence-electron chi connectivity index (χ4n) is 2.24. The molecule has 0 atom stereocenters. The standard InChI is InChI=1S/C19H23NO3/c1-3-22-16-12-9-15(10-13-16)11-14-19(21)20-17-7-5-6-8-18(17)23-4-2/h5-10,12-13H,3-4,11,14H2,1-2H3,(H,20,21). The zero-order valence-electron chi connectivity index (χ0n) is 13.7. The molecular weight excluding hydrogens is 290 g/mol. The van der Waals surface area contributed by atoms with Crippen molar-refractivity contribution in [3.8, 4) is 11.5 Å². The highest BCUT2D eigenvalue weighted by Crippen LogP contribution is 2.24. The van der Waals surface area contributed by atoms with E-state index in [-0.39, 0.29) is 5.91 Å². The maximum Gasteiger partial charge on any atom is 0.224 e. The Morgan fingerprint density at radius 1 is 0.957 bits per heavy atom. The van der Waals surface area contributed by atoms with Crippen LogP contribution in [0, 0.1) is 0 Å². The molecule has 122 valence electrons. The van der Waals surface area contributed by atoms with Crippen molar-refractivity contribution in [1.29, 1.82) is 0 Å². The van der Waals surface area contributed by atoms with Gasteiger partial charge in [0.25, 0.3) is 0 Å². The number of aryl methyl sites for hydroxylation is 1. The molecule has 0 radical (unpaired) electrons. The topological polar surface area (TPSA) is 47.6 Å². The molecule has 2 aromatic carbocycles. The quantitative estimate of drug-likeness (QED) is 0.799. The summed E-state index contributed by atoms with van der Waals surface area (Å²) in [5.41, 5.74) is 1.83. The molecule has 4 heteroatoms. The first-order valence-electron chi connectivity index (χ1n) is 7.96. The molecule has 2 aromatic rings. The lowest BCUT2D eigenvalue weighted by Gasteiger charge is -2.11. The molecule has 0 spiro atoms. The van der Waals surface area contributed by atoms with E-state index in [0.29, 0.717) is 37.5 Å². The van der Waals surface area contributed by atoms with Crippen LogP contribution in [0.3, 0.4) is 0 Å². The van der Waals surface area contributed by atoms with Gasteiger partial charge in [-0.15, -0.1) is 0 Å². The molecule has 0 aliphatic heterocycles. The number of anilines is 1. The molecule has 0 saturated heterocycles. The summed E-state index contributed by atoms with van der Waals surface area (Å²) in [5.74, 6) is 1.53. The summed E-state index contributed by atoms with van der Waals surface area (Å²) in [6, 6.07) is 15.3. The highest BCUT2D eigenvalue weighted by Gasteiger charge is 2.07. The van der Waals surface area contributed by atoms with Crippen LogP contribution in [0.2, 0.25) is 0 Å². The minimum absolute atomic E-state index is 0.0222. The van der Waals surface area contributed by atoms with Gasteiger partial charge in [0.15, 0.2) is 0 Å². The molecule has 1 amide bonds. The van der Waals surface area contributed by atoms with Crippen LogP contribution in [0.4, 0.5) is 5.69 Å². The van der Waals surface area contributed by atoms with Gasteiger partial charge in [-0.05, 0) is 50.1 Å². The van der Waals surface area contributed by atoms with E-state index in [4.69, 9.17) is 9.47 Å². The number of hydrogen-bond acceptors (Lipinski definition) is 3. The molecule has 0 aliphatic carbocycles. The van der Waals surface area contributed by atoms with Crippen molar-refractivity contribution in [2.75, 3.05) is 18.5 Å². The van der Waals surface area contributed by atoms with Gasteiger partial charge < -0.3 is 14.8 Å². The Bertz CT molecular complexity index is 623. The summed E-state index contributed by atoms with van der Waals surface area (Å²) >= 11 is 0. The number of benzene rings is 2. The van der Waals surface area contributed by atoms with Gasteiger partial charge in [-0.3, -0.25) is 4.79 Å². The third-order valence-electron chi connectivity index (χ3n) is 3.34. The number of amides is 1. The van der Waals surface area contributed by atoms with Crippen LogP contribution in [0.1, 0.15) is 25.8 Å². The van der Waals surface area contributed by atoms with Crippen molar-refractivity contribution >= 4 is 11.6 Å². The lowest BCUT2D eigenvalue weighted by molar-refractivity contribution is -0.116. The van der Waals surface area contributed by atoms with Gasteiger partial charge in [0.2, 0.25) is 5.91 Å². The van der Waals surface area contributed by atoms with Gasteiger partial charge in [-0.2, -0.15) is 0 Å². The van der Waals surface area contributed by atoms with Crippen LogP contribution in [0.15, 0.2) is 48.5 Å². The summed E-state index contributed by atoms with van der Waals surface area (Å²) < 4.78 is 10.9. The lowest BCUT2D eigenvalue weighted by atomic mass is 10.1. The number of carbonyl (C=O) groups excluding carboxylic acids is 1. The van der Waals surface area contributed by atoms with Crippen molar-refractivity contribution in [2.24, 2.45) is 0 Å². The molecule has 1 N–H and O–H groups in total. The smallest absolute Gasteiger partial charge is 0.224 e. The second-order valence-corrected chi connectivity index (χ2v) is 5.05. The number of ether oxygens (including phenoxy) is 2. The molecule has 0 saturated carbocycles. The summed E-state index contributed by atoms with van der Waals surface area (Å²) in [5, 5.41) is 2.91. The Kier molecular flexibility index (Phi) is 6.48. The van der Waals surface area contributed by atoms with Crippen molar-refractivity contribution < 1.29 is 14.3 Å². The fraction of sp³-hybridized carbons (Fsp3) is 0.316. The van der Waals surface area contributed by atoms with Gasteiger partial charge in [0, 0.05) is 6.42 Å². The second-order valence-electron chi connectivity index (χ2n) is 5.05. The number of carbonyl (C=O) groups is 1. The van der Waals surface area contributed by atoms with Crippen LogP contribution in [0.5, 0.6) is 11.5 Å². The molecular formula is C19H23NO3. The monoisotopic (exact) mass is 313 g/mol. The van der Waals surface area contributed by atoms with E-state index in [1.54, 1.807) is 0 Å². The number of rotatable bonds is 8. The average molecular weight is 313 g/mol. The van der Waals surface area contributed by atoms with Gasteiger partial charge in [-0.25, -0.2) is 0 Å². The molecule has 0 fully saturated rings. The Labute approximate surface area is 137 Å². The summed E-state index contributed by atoms with van der Waals surface area (Å²) in [4.78, 5) is 12.1. The fourth-order valence-corrected chi connectivity index (χ4v) is 2.24. The Hall–Kier alpha value is -2.49. The van der Waals surface area contributed by atoms with Gasteiger partial charge >= 0.3 is 0 Å². The minimum Gasteiger partial charge on any atom is -0.494 e. The SMILES string of the molecule is CCOc1ccc(CCC(=O)Nc2ccccc2OCC)cc1. The van der Waals surface area contributed by atoms with E-state index in [0.717, 1.165) is 11.3 Å². The Morgan fingerprint density at radius 2 is 1.65 bits per heavy atom. The molecule has 0 aliphatic rings. The second kappa shape index (κ2) is 8.83. The molecule has 0 bridgehead atoms. The summed E-state index contributed by atoms with van der Waals surface area (Å²) in [6.07, 6.45) is 1.11. The Balaban J connectivity index is 1.87. The predicted octanol–water partition coefficient (Wildman–Crippen LogP) is 4.06. The number of para-hydroxylation sites is 2. The largest absolute Gasteiger partial charge is 0.494 e. The van der Waals surface area contributed by atoms with Crippen molar-refractivity contribution in [1.82, 2.24) is 0 Å². The third kappa shape index (κ3) is 5.33. The molecule has 4 nitrogen and oxygen atoms in total. The molecule has 0 heterocycles. The Morgan fingerprint density at radius 3 is 2.35 bits per heavy atom. The molecule has 23 heavy (non-hydrogen) atoms. The maximum atomic E-state index is 12.1. The van der Waals surface area contributed by atoms with E-state index < -0.39 is 0 Å². The van der Waals surface area contributed by atoms with Crippen LogP contribution in [-0.4, -0.2) is 19.1 Å². The van der Waals surface area contributed by atoms with Crippen LogP contribution < -0.4 is 14.8 Å². The summed E-state index contributed by atoms with van der Waals surface area (Å²) in [7, 11) is 0.